The number of halogens is 1. The number of carbonyl (C=O) groups excluding carboxylic acids is 1. The van der Waals surface area contributed by atoms with Crippen LogP contribution in [0.2, 0.25) is 4.34 Å². The second-order valence-corrected chi connectivity index (χ2v) is 6.14. The standard InChI is InChI=1S/C12H14ClNO3S/c1-7(9-4-5-10(13)18-9)11(15)14-6-2-3-8(14)12(16)17/h4-5,7-8H,2-3,6H2,1H3,(H,16,17). The monoisotopic (exact) mass is 287 g/mol. The number of nitrogens with zero attached hydrogens (tertiary/aromatic N) is 1. The Hall–Kier alpha value is -1.07. The Morgan fingerprint density at radius 1 is 1.56 bits per heavy atom. The zero-order valence-corrected chi connectivity index (χ0v) is 11.5. The zero-order valence-electron chi connectivity index (χ0n) is 9.93. The summed E-state index contributed by atoms with van der Waals surface area (Å²) in [5.41, 5.74) is 0. The fourth-order valence-corrected chi connectivity index (χ4v) is 3.32. The minimum atomic E-state index is -0.919. The molecule has 0 spiro atoms. The van der Waals surface area contributed by atoms with E-state index in [4.69, 9.17) is 16.7 Å². The van der Waals surface area contributed by atoms with Crippen LogP contribution in [-0.4, -0.2) is 34.5 Å². The summed E-state index contributed by atoms with van der Waals surface area (Å²) in [5.74, 6) is -1.38. The third kappa shape index (κ3) is 2.52. The van der Waals surface area contributed by atoms with Crippen LogP contribution in [0.4, 0.5) is 0 Å². The van der Waals surface area contributed by atoms with E-state index in [9.17, 15) is 9.59 Å². The highest BCUT2D eigenvalue weighted by Crippen LogP contribution is 2.31. The van der Waals surface area contributed by atoms with E-state index in [0.29, 0.717) is 17.3 Å². The van der Waals surface area contributed by atoms with Gasteiger partial charge >= 0.3 is 5.97 Å². The van der Waals surface area contributed by atoms with Gasteiger partial charge in [0, 0.05) is 11.4 Å². The van der Waals surface area contributed by atoms with E-state index in [1.54, 1.807) is 13.0 Å². The second-order valence-electron chi connectivity index (χ2n) is 4.39. The lowest BCUT2D eigenvalue weighted by atomic mass is 10.1. The normalized spacial score (nSPS) is 21.0. The average Bonchev–Trinajstić information content (AvgIpc) is 2.95. The van der Waals surface area contributed by atoms with Crippen molar-refractivity contribution in [2.24, 2.45) is 0 Å². The molecule has 0 saturated carbocycles. The van der Waals surface area contributed by atoms with E-state index in [-0.39, 0.29) is 11.8 Å². The Bertz CT molecular complexity index is 474. The molecule has 0 radical (unpaired) electrons. The molecule has 1 aromatic rings. The van der Waals surface area contributed by atoms with Crippen LogP contribution in [0.25, 0.3) is 0 Å². The first-order valence-electron chi connectivity index (χ1n) is 5.79. The van der Waals surface area contributed by atoms with Crippen molar-refractivity contribution in [2.45, 2.75) is 31.7 Å². The van der Waals surface area contributed by atoms with Crippen LogP contribution in [0.5, 0.6) is 0 Å². The van der Waals surface area contributed by atoms with Crippen molar-refractivity contribution in [3.8, 4) is 0 Å². The third-order valence-corrected chi connectivity index (χ3v) is 4.63. The molecule has 1 aliphatic heterocycles. The molecule has 6 heteroatoms. The quantitative estimate of drug-likeness (QED) is 0.929. The highest BCUT2D eigenvalue weighted by atomic mass is 35.5. The van der Waals surface area contributed by atoms with E-state index < -0.39 is 12.0 Å². The van der Waals surface area contributed by atoms with Gasteiger partial charge in [-0.1, -0.05) is 11.6 Å². The molecule has 0 aromatic carbocycles. The molecule has 0 aliphatic carbocycles. The number of hydrogen-bond acceptors (Lipinski definition) is 3. The second kappa shape index (κ2) is 5.28. The van der Waals surface area contributed by atoms with Gasteiger partial charge < -0.3 is 10.0 Å². The molecule has 1 saturated heterocycles. The zero-order chi connectivity index (χ0) is 13.3. The number of hydrogen-bond donors (Lipinski definition) is 1. The van der Waals surface area contributed by atoms with E-state index >= 15 is 0 Å². The minimum absolute atomic E-state index is 0.126. The Balaban J connectivity index is 2.13. The molecule has 2 unspecified atom stereocenters. The molecule has 2 rings (SSSR count). The Kier molecular flexibility index (Phi) is 3.92. The predicted octanol–water partition coefficient (Wildman–Crippen LogP) is 2.58. The number of rotatable bonds is 3. The molecule has 18 heavy (non-hydrogen) atoms. The van der Waals surface area contributed by atoms with Crippen LogP contribution < -0.4 is 0 Å². The highest BCUT2D eigenvalue weighted by Gasteiger charge is 2.36. The molecule has 1 N–H and O–H groups in total. The van der Waals surface area contributed by atoms with Gasteiger partial charge in [-0.2, -0.15) is 0 Å². The average molecular weight is 288 g/mol. The largest absolute Gasteiger partial charge is 0.480 e. The summed E-state index contributed by atoms with van der Waals surface area (Å²) in [6, 6.07) is 2.90. The Morgan fingerprint density at radius 2 is 2.28 bits per heavy atom. The molecular formula is C12H14ClNO3S. The van der Waals surface area contributed by atoms with Crippen LogP contribution in [-0.2, 0) is 9.59 Å². The molecule has 2 atom stereocenters. The molecule has 4 nitrogen and oxygen atoms in total. The summed E-state index contributed by atoms with van der Waals surface area (Å²) in [6.45, 7) is 2.32. The van der Waals surface area contributed by atoms with E-state index in [1.807, 2.05) is 6.07 Å². The van der Waals surface area contributed by atoms with E-state index in [2.05, 4.69) is 0 Å². The van der Waals surface area contributed by atoms with Gasteiger partial charge in [-0.05, 0) is 31.9 Å². The summed E-state index contributed by atoms with van der Waals surface area (Å²) in [5, 5.41) is 9.08. The molecule has 2 heterocycles. The van der Waals surface area contributed by atoms with E-state index in [0.717, 1.165) is 11.3 Å². The Labute approximate surface area is 114 Å². The van der Waals surface area contributed by atoms with Gasteiger partial charge in [-0.3, -0.25) is 4.79 Å². The first kappa shape index (κ1) is 13.4. The lowest BCUT2D eigenvalue weighted by Gasteiger charge is -2.24. The van der Waals surface area contributed by atoms with Gasteiger partial charge in [0.1, 0.15) is 6.04 Å². The van der Waals surface area contributed by atoms with Crippen molar-refractivity contribution in [1.82, 2.24) is 4.90 Å². The SMILES string of the molecule is CC(C(=O)N1CCCC1C(=O)O)c1ccc(Cl)s1. The van der Waals surface area contributed by atoms with Crippen LogP contribution >= 0.6 is 22.9 Å². The first-order chi connectivity index (χ1) is 8.50. The van der Waals surface area contributed by atoms with Crippen molar-refractivity contribution in [3.05, 3.63) is 21.3 Å². The lowest BCUT2D eigenvalue weighted by Crippen LogP contribution is -2.42. The van der Waals surface area contributed by atoms with Gasteiger partial charge in [-0.25, -0.2) is 4.79 Å². The number of amides is 1. The van der Waals surface area contributed by atoms with Crippen molar-refractivity contribution in [3.63, 3.8) is 0 Å². The van der Waals surface area contributed by atoms with Gasteiger partial charge in [0.05, 0.1) is 10.3 Å². The lowest BCUT2D eigenvalue weighted by molar-refractivity contribution is -0.148. The first-order valence-corrected chi connectivity index (χ1v) is 6.98. The summed E-state index contributed by atoms with van der Waals surface area (Å²) < 4.78 is 0.640. The number of thiophene rings is 1. The fraction of sp³-hybridized carbons (Fsp3) is 0.500. The van der Waals surface area contributed by atoms with Crippen molar-refractivity contribution < 1.29 is 14.7 Å². The molecule has 1 aliphatic rings. The number of carboxylic acid groups (broad SMARTS) is 1. The number of carbonyl (C=O) groups is 2. The van der Waals surface area contributed by atoms with Crippen LogP contribution in [0.1, 0.15) is 30.6 Å². The molecule has 0 bridgehead atoms. The third-order valence-electron chi connectivity index (χ3n) is 3.21. The smallest absolute Gasteiger partial charge is 0.326 e. The van der Waals surface area contributed by atoms with Gasteiger partial charge in [0.2, 0.25) is 5.91 Å². The number of carboxylic acids is 1. The fourth-order valence-electron chi connectivity index (χ4n) is 2.22. The van der Waals surface area contributed by atoms with Crippen molar-refractivity contribution in [2.75, 3.05) is 6.54 Å². The molecular weight excluding hydrogens is 274 g/mol. The summed E-state index contributed by atoms with van der Waals surface area (Å²) in [6.07, 6.45) is 1.29. The van der Waals surface area contributed by atoms with Crippen molar-refractivity contribution in [1.29, 1.82) is 0 Å². The molecule has 1 fully saturated rings. The summed E-state index contributed by atoms with van der Waals surface area (Å²) in [4.78, 5) is 25.7. The number of likely N-dealkylation sites (tertiary alicyclic amines) is 1. The molecule has 98 valence electrons. The van der Waals surface area contributed by atoms with Crippen LogP contribution in [0, 0.1) is 0 Å². The maximum atomic E-state index is 12.3. The maximum absolute atomic E-state index is 12.3. The summed E-state index contributed by atoms with van der Waals surface area (Å²) >= 11 is 7.21. The van der Waals surface area contributed by atoms with Gasteiger partial charge in [0.25, 0.3) is 0 Å². The van der Waals surface area contributed by atoms with Crippen LogP contribution in [0.15, 0.2) is 12.1 Å². The predicted molar refractivity (Wildman–Crippen MR) is 70.1 cm³/mol. The Morgan fingerprint density at radius 3 is 2.83 bits per heavy atom. The summed E-state index contributed by atoms with van der Waals surface area (Å²) in [7, 11) is 0. The molecule has 1 aromatic heterocycles. The van der Waals surface area contributed by atoms with Crippen molar-refractivity contribution >= 4 is 34.8 Å². The highest BCUT2D eigenvalue weighted by molar-refractivity contribution is 7.16. The van der Waals surface area contributed by atoms with E-state index in [1.165, 1.54) is 16.2 Å². The van der Waals surface area contributed by atoms with Gasteiger partial charge in [0.15, 0.2) is 0 Å². The maximum Gasteiger partial charge on any atom is 0.326 e. The minimum Gasteiger partial charge on any atom is -0.480 e. The topological polar surface area (TPSA) is 57.6 Å². The van der Waals surface area contributed by atoms with Gasteiger partial charge in [-0.15, -0.1) is 11.3 Å². The molecule has 1 amide bonds. The number of aliphatic carboxylic acids is 1. The van der Waals surface area contributed by atoms with Crippen LogP contribution in [0.3, 0.4) is 0 Å².